The average molecular weight is 452 g/mol. The molecule has 1 aliphatic heterocycles. The lowest BCUT2D eigenvalue weighted by Crippen LogP contribution is -2.58. The minimum atomic E-state index is -0.0614. The summed E-state index contributed by atoms with van der Waals surface area (Å²) in [6.45, 7) is 6.31. The molecule has 5 rings (SSSR count). The first kappa shape index (κ1) is 21.9. The van der Waals surface area contributed by atoms with Crippen LogP contribution in [-0.4, -0.2) is 46.6 Å². The van der Waals surface area contributed by atoms with Crippen LogP contribution >= 0.6 is 0 Å². The molecule has 0 spiro atoms. The van der Waals surface area contributed by atoms with Crippen LogP contribution in [-0.2, 0) is 0 Å². The topological polar surface area (TPSA) is 61.4 Å². The van der Waals surface area contributed by atoms with Crippen molar-refractivity contribution in [1.82, 2.24) is 14.9 Å². The fourth-order valence-electron chi connectivity index (χ4n) is 4.61. The number of urea groups is 1. The van der Waals surface area contributed by atoms with E-state index in [-0.39, 0.29) is 12.1 Å². The zero-order valence-corrected chi connectivity index (χ0v) is 19.6. The number of benzene rings is 3. The van der Waals surface area contributed by atoms with Gasteiger partial charge in [0, 0.05) is 36.8 Å². The molecule has 2 amide bonds. The first-order valence-electron chi connectivity index (χ1n) is 11.8. The van der Waals surface area contributed by atoms with Crippen molar-refractivity contribution < 1.29 is 4.79 Å². The molecular formula is C28H29N5O. The van der Waals surface area contributed by atoms with Crippen molar-refractivity contribution in [2.75, 3.05) is 29.9 Å². The molecular weight excluding hydrogens is 422 g/mol. The SMILES string of the molecule is CC(C)C1CN(c2nccc(-c3ccccc3)n2)CCN1C(=O)Nc1cccc2ccccc12. The Kier molecular flexibility index (Phi) is 6.12. The molecule has 1 aliphatic rings. The van der Waals surface area contributed by atoms with Crippen LogP contribution in [0.25, 0.3) is 22.0 Å². The van der Waals surface area contributed by atoms with Gasteiger partial charge in [-0.15, -0.1) is 0 Å². The van der Waals surface area contributed by atoms with Crippen LogP contribution in [0.4, 0.5) is 16.4 Å². The largest absolute Gasteiger partial charge is 0.337 e. The maximum absolute atomic E-state index is 13.4. The van der Waals surface area contributed by atoms with Gasteiger partial charge in [0.2, 0.25) is 5.95 Å². The van der Waals surface area contributed by atoms with Gasteiger partial charge in [-0.3, -0.25) is 0 Å². The minimum Gasteiger partial charge on any atom is -0.337 e. The summed E-state index contributed by atoms with van der Waals surface area (Å²) >= 11 is 0. The monoisotopic (exact) mass is 451 g/mol. The van der Waals surface area contributed by atoms with E-state index < -0.39 is 0 Å². The second-order valence-electron chi connectivity index (χ2n) is 9.02. The fourth-order valence-corrected chi connectivity index (χ4v) is 4.61. The number of hydrogen-bond acceptors (Lipinski definition) is 4. The van der Waals surface area contributed by atoms with Crippen molar-refractivity contribution in [1.29, 1.82) is 0 Å². The number of carbonyl (C=O) groups is 1. The number of aromatic nitrogens is 2. The standard InChI is InChI=1S/C28H29N5O/c1-20(2)26-19-32(27-29-16-15-24(30-27)22-10-4-3-5-11-22)17-18-33(26)28(34)31-25-14-8-12-21-9-6-7-13-23(21)25/h3-16,20,26H,17-19H2,1-2H3,(H,31,34). The highest BCUT2D eigenvalue weighted by atomic mass is 16.2. The van der Waals surface area contributed by atoms with Crippen molar-refractivity contribution in [3.63, 3.8) is 0 Å². The molecule has 4 aromatic rings. The van der Waals surface area contributed by atoms with Crippen LogP contribution in [0, 0.1) is 5.92 Å². The predicted octanol–water partition coefficient (Wildman–Crippen LogP) is 5.68. The van der Waals surface area contributed by atoms with E-state index in [1.54, 1.807) is 0 Å². The summed E-state index contributed by atoms with van der Waals surface area (Å²) < 4.78 is 0. The van der Waals surface area contributed by atoms with E-state index >= 15 is 0 Å². The smallest absolute Gasteiger partial charge is 0.322 e. The number of hydrogen-bond donors (Lipinski definition) is 1. The molecule has 34 heavy (non-hydrogen) atoms. The molecule has 3 aromatic carbocycles. The number of amides is 2. The second kappa shape index (κ2) is 9.51. The Morgan fingerprint density at radius 1 is 0.941 bits per heavy atom. The Balaban J connectivity index is 1.34. The van der Waals surface area contributed by atoms with Gasteiger partial charge in [-0.1, -0.05) is 80.6 Å². The number of nitrogens with one attached hydrogen (secondary N) is 1. The number of piperazine rings is 1. The van der Waals surface area contributed by atoms with Crippen LogP contribution in [0.1, 0.15) is 13.8 Å². The molecule has 1 unspecified atom stereocenters. The van der Waals surface area contributed by atoms with Crippen molar-refractivity contribution >= 4 is 28.4 Å². The van der Waals surface area contributed by atoms with Gasteiger partial charge in [0.1, 0.15) is 0 Å². The lowest BCUT2D eigenvalue weighted by Gasteiger charge is -2.43. The molecule has 0 bridgehead atoms. The molecule has 6 nitrogen and oxygen atoms in total. The fraction of sp³-hybridized carbons (Fsp3) is 0.250. The van der Waals surface area contributed by atoms with E-state index in [0.717, 1.165) is 27.7 Å². The van der Waals surface area contributed by atoms with Gasteiger partial charge in [-0.05, 0) is 23.4 Å². The molecule has 0 radical (unpaired) electrons. The highest BCUT2D eigenvalue weighted by Gasteiger charge is 2.33. The van der Waals surface area contributed by atoms with Gasteiger partial charge in [0.25, 0.3) is 0 Å². The van der Waals surface area contributed by atoms with E-state index in [1.807, 2.05) is 65.7 Å². The lowest BCUT2D eigenvalue weighted by atomic mass is 10.00. The summed E-state index contributed by atoms with van der Waals surface area (Å²) in [5.41, 5.74) is 2.81. The molecule has 1 saturated heterocycles. The molecule has 1 fully saturated rings. The van der Waals surface area contributed by atoms with Crippen molar-refractivity contribution in [3.8, 4) is 11.3 Å². The molecule has 1 atom stereocenters. The summed E-state index contributed by atoms with van der Waals surface area (Å²) in [7, 11) is 0. The van der Waals surface area contributed by atoms with Crippen LogP contribution < -0.4 is 10.2 Å². The Morgan fingerprint density at radius 3 is 2.53 bits per heavy atom. The second-order valence-corrected chi connectivity index (χ2v) is 9.02. The first-order valence-corrected chi connectivity index (χ1v) is 11.8. The highest BCUT2D eigenvalue weighted by Crippen LogP contribution is 2.26. The zero-order chi connectivity index (χ0) is 23.5. The number of nitrogens with zero attached hydrogens (tertiary/aromatic N) is 4. The Morgan fingerprint density at radius 2 is 1.71 bits per heavy atom. The Labute approximate surface area is 200 Å². The molecule has 1 N–H and O–H groups in total. The minimum absolute atomic E-state index is 0.0488. The normalized spacial score (nSPS) is 16.1. The Hall–Kier alpha value is -3.93. The summed E-state index contributed by atoms with van der Waals surface area (Å²) in [6, 6.07) is 26.2. The van der Waals surface area contributed by atoms with Crippen molar-refractivity contribution in [3.05, 3.63) is 85.1 Å². The van der Waals surface area contributed by atoms with E-state index in [4.69, 9.17) is 4.98 Å². The zero-order valence-electron chi connectivity index (χ0n) is 19.6. The first-order chi connectivity index (χ1) is 16.6. The van der Waals surface area contributed by atoms with Crippen LogP contribution in [0.2, 0.25) is 0 Å². The predicted molar refractivity (Wildman–Crippen MR) is 138 cm³/mol. The van der Waals surface area contributed by atoms with E-state index in [0.29, 0.717) is 31.5 Å². The summed E-state index contributed by atoms with van der Waals surface area (Å²) in [5, 5.41) is 5.32. The van der Waals surface area contributed by atoms with Crippen LogP contribution in [0.5, 0.6) is 0 Å². The number of fused-ring (bicyclic) bond motifs is 1. The highest BCUT2D eigenvalue weighted by molar-refractivity contribution is 6.01. The molecule has 172 valence electrons. The van der Waals surface area contributed by atoms with E-state index in [2.05, 4.69) is 53.3 Å². The van der Waals surface area contributed by atoms with E-state index in [9.17, 15) is 4.79 Å². The van der Waals surface area contributed by atoms with Gasteiger partial charge in [-0.25, -0.2) is 14.8 Å². The van der Waals surface area contributed by atoms with Crippen LogP contribution in [0.3, 0.4) is 0 Å². The maximum Gasteiger partial charge on any atom is 0.322 e. The van der Waals surface area contributed by atoms with Crippen molar-refractivity contribution in [2.24, 2.45) is 5.92 Å². The quantitative estimate of drug-likeness (QED) is 0.434. The molecule has 0 saturated carbocycles. The molecule has 6 heteroatoms. The number of rotatable bonds is 4. The molecule has 0 aliphatic carbocycles. The van der Waals surface area contributed by atoms with Crippen LogP contribution in [0.15, 0.2) is 85.1 Å². The Bertz CT molecular complexity index is 1280. The van der Waals surface area contributed by atoms with E-state index in [1.165, 1.54) is 0 Å². The third kappa shape index (κ3) is 4.44. The summed E-state index contributed by atoms with van der Waals surface area (Å²) in [6.07, 6.45) is 1.81. The third-order valence-electron chi connectivity index (χ3n) is 6.48. The number of anilines is 2. The molecule has 1 aromatic heterocycles. The lowest BCUT2D eigenvalue weighted by molar-refractivity contribution is 0.156. The third-order valence-corrected chi connectivity index (χ3v) is 6.48. The van der Waals surface area contributed by atoms with Gasteiger partial charge < -0.3 is 15.1 Å². The van der Waals surface area contributed by atoms with Gasteiger partial charge >= 0.3 is 6.03 Å². The van der Waals surface area contributed by atoms with Gasteiger partial charge in [0.15, 0.2) is 0 Å². The summed E-state index contributed by atoms with van der Waals surface area (Å²) in [4.78, 5) is 26.9. The number of carbonyl (C=O) groups excluding carboxylic acids is 1. The summed E-state index contributed by atoms with van der Waals surface area (Å²) in [5.74, 6) is 1.000. The maximum atomic E-state index is 13.4. The van der Waals surface area contributed by atoms with Crippen molar-refractivity contribution in [2.45, 2.75) is 19.9 Å². The average Bonchev–Trinajstić information content (AvgIpc) is 2.89. The van der Waals surface area contributed by atoms with Gasteiger partial charge in [-0.2, -0.15) is 0 Å². The molecule has 2 heterocycles. The van der Waals surface area contributed by atoms with Gasteiger partial charge in [0.05, 0.1) is 17.4 Å².